The number of piperidine rings is 1. The second kappa shape index (κ2) is 8.83. The number of para-hydroxylation sites is 2. The molecule has 3 heterocycles. The number of amides is 1. The summed E-state index contributed by atoms with van der Waals surface area (Å²) >= 11 is 0. The fourth-order valence-electron chi connectivity index (χ4n) is 4.17. The van der Waals surface area contributed by atoms with Crippen molar-refractivity contribution in [3.05, 3.63) is 84.3 Å². The molecule has 0 aliphatic carbocycles. The van der Waals surface area contributed by atoms with E-state index in [9.17, 15) is 4.79 Å². The average Bonchev–Trinajstić information content (AvgIpc) is 3.28. The van der Waals surface area contributed by atoms with E-state index in [0.29, 0.717) is 12.1 Å². The first-order valence-corrected chi connectivity index (χ1v) is 11.2. The lowest BCUT2D eigenvalue weighted by molar-refractivity contribution is 0.0951. The summed E-state index contributed by atoms with van der Waals surface area (Å²) in [7, 11) is 0. The molecular weight excluding hydrogens is 398 g/mol. The van der Waals surface area contributed by atoms with Crippen LogP contribution in [0.5, 0.6) is 0 Å². The molecule has 1 amide bonds. The van der Waals surface area contributed by atoms with Crippen molar-refractivity contribution in [1.29, 1.82) is 0 Å². The zero-order chi connectivity index (χ0) is 21.9. The number of carbonyl (C=O) groups excluding carboxylic acids is 1. The van der Waals surface area contributed by atoms with E-state index in [1.54, 1.807) is 6.33 Å². The van der Waals surface area contributed by atoms with Gasteiger partial charge in [-0.1, -0.05) is 25.1 Å². The molecule has 0 bridgehead atoms. The third-order valence-electron chi connectivity index (χ3n) is 6.23. The van der Waals surface area contributed by atoms with E-state index in [2.05, 4.69) is 33.2 Å². The van der Waals surface area contributed by atoms with Crippen LogP contribution < -0.4 is 10.2 Å². The number of hydrogen-bond acceptors (Lipinski definition) is 4. The molecule has 162 valence electrons. The molecule has 2 aromatic heterocycles. The predicted molar refractivity (Wildman–Crippen MR) is 127 cm³/mol. The van der Waals surface area contributed by atoms with Crippen LogP contribution in [0, 0.1) is 5.92 Å². The molecule has 0 spiro atoms. The highest BCUT2D eigenvalue weighted by Gasteiger charge is 2.16. The van der Waals surface area contributed by atoms with Crippen LogP contribution in [-0.2, 0) is 6.54 Å². The molecule has 2 aromatic carbocycles. The SMILES string of the molecule is CC1CCN(c2ccc(CNC(=O)c3ccc(-n4cnc5ccccc54)cc3)cn2)CC1. The molecule has 6 heteroatoms. The lowest BCUT2D eigenvalue weighted by Crippen LogP contribution is -2.33. The number of fused-ring (bicyclic) bond motifs is 1. The molecule has 0 atom stereocenters. The fraction of sp³-hybridized carbons (Fsp3) is 0.269. The smallest absolute Gasteiger partial charge is 0.251 e. The first-order chi connectivity index (χ1) is 15.7. The van der Waals surface area contributed by atoms with Crippen molar-refractivity contribution in [2.75, 3.05) is 18.0 Å². The van der Waals surface area contributed by atoms with Crippen LogP contribution in [0.15, 0.2) is 73.2 Å². The Balaban J connectivity index is 1.20. The van der Waals surface area contributed by atoms with Gasteiger partial charge in [0.05, 0.1) is 11.0 Å². The Morgan fingerprint density at radius 3 is 2.53 bits per heavy atom. The third kappa shape index (κ3) is 4.21. The van der Waals surface area contributed by atoms with Gasteiger partial charge < -0.3 is 10.2 Å². The number of pyridine rings is 1. The van der Waals surface area contributed by atoms with Crippen LogP contribution in [0.4, 0.5) is 5.82 Å². The minimum absolute atomic E-state index is 0.0962. The highest BCUT2D eigenvalue weighted by Crippen LogP contribution is 2.21. The summed E-state index contributed by atoms with van der Waals surface area (Å²) in [5.74, 6) is 1.73. The highest BCUT2D eigenvalue weighted by atomic mass is 16.1. The zero-order valence-corrected chi connectivity index (χ0v) is 18.2. The molecule has 5 rings (SSSR count). The van der Waals surface area contributed by atoms with Gasteiger partial charge in [-0.2, -0.15) is 0 Å². The number of nitrogens with zero attached hydrogens (tertiary/aromatic N) is 4. The number of hydrogen-bond donors (Lipinski definition) is 1. The molecule has 1 saturated heterocycles. The Morgan fingerprint density at radius 1 is 1.00 bits per heavy atom. The van der Waals surface area contributed by atoms with E-state index < -0.39 is 0 Å². The van der Waals surface area contributed by atoms with Gasteiger partial charge >= 0.3 is 0 Å². The minimum atomic E-state index is -0.0962. The highest BCUT2D eigenvalue weighted by molar-refractivity contribution is 5.94. The number of aromatic nitrogens is 3. The Labute approximate surface area is 187 Å². The summed E-state index contributed by atoms with van der Waals surface area (Å²) in [6, 6.07) is 19.7. The zero-order valence-electron chi connectivity index (χ0n) is 18.2. The van der Waals surface area contributed by atoms with Gasteiger partial charge in [-0.3, -0.25) is 9.36 Å². The van der Waals surface area contributed by atoms with Gasteiger partial charge in [0.2, 0.25) is 0 Å². The maximum absolute atomic E-state index is 12.6. The van der Waals surface area contributed by atoms with Crippen molar-refractivity contribution < 1.29 is 4.79 Å². The molecule has 1 aliphatic rings. The molecule has 1 N–H and O–H groups in total. The maximum atomic E-state index is 12.6. The molecular formula is C26H27N5O. The topological polar surface area (TPSA) is 63.1 Å². The predicted octanol–water partition coefficient (Wildman–Crippen LogP) is 4.59. The summed E-state index contributed by atoms with van der Waals surface area (Å²) in [4.78, 5) is 24.0. The van der Waals surface area contributed by atoms with Crippen molar-refractivity contribution >= 4 is 22.8 Å². The van der Waals surface area contributed by atoms with Gasteiger partial charge in [0.1, 0.15) is 12.1 Å². The molecule has 1 fully saturated rings. The van der Waals surface area contributed by atoms with E-state index in [0.717, 1.165) is 47.1 Å². The van der Waals surface area contributed by atoms with Crippen LogP contribution in [0.25, 0.3) is 16.7 Å². The van der Waals surface area contributed by atoms with Gasteiger partial charge in [-0.25, -0.2) is 9.97 Å². The van der Waals surface area contributed by atoms with E-state index in [-0.39, 0.29) is 5.91 Å². The normalized spacial score (nSPS) is 14.6. The van der Waals surface area contributed by atoms with Gasteiger partial charge in [0, 0.05) is 37.1 Å². The number of carbonyl (C=O) groups is 1. The van der Waals surface area contributed by atoms with Gasteiger partial charge in [0.15, 0.2) is 0 Å². The van der Waals surface area contributed by atoms with E-state index in [1.807, 2.05) is 65.4 Å². The lowest BCUT2D eigenvalue weighted by atomic mass is 9.99. The summed E-state index contributed by atoms with van der Waals surface area (Å²) < 4.78 is 2.02. The van der Waals surface area contributed by atoms with Gasteiger partial charge in [-0.05, 0) is 66.8 Å². The summed E-state index contributed by atoms with van der Waals surface area (Å²) in [5.41, 5.74) is 4.59. The molecule has 0 unspecified atom stereocenters. The average molecular weight is 426 g/mol. The second-order valence-corrected chi connectivity index (χ2v) is 8.53. The van der Waals surface area contributed by atoms with Crippen LogP contribution in [0.2, 0.25) is 0 Å². The van der Waals surface area contributed by atoms with Crippen molar-refractivity contribution in [3.8, 4) is 5.69 Å². The summed E-state index contributed by atoms with van der Waals surface area (Å²) in [6.45, 7) is 4.89. The van der Waals surface area contributed by atoms with Crippen molar-refractivity contribution in [1.82, 2.24) is 19.9 Å². The molecule has 0 radical (unpaired) electrons. The number of rotatable bonds is 5. The van der Waals surface area contributed by atoms with E-state index >= 15 is 0 Å². The van der Waals surface area contributed by atoms with Crippen LogP contribution in [0.1, 0.15) is 35.7 Å². The van der Waals surface area contributed by atoms with Crippen molar-refractivity contribution in [2.45, 2.75) is 26.3 Å². The van der Waals surface area contributed by atoms with Crippen LogP contribution >= 0.6 is 0 Å². The molecule has 1 aliphatic heterocycles. The maximum Gasteiger partial charge on any atom is 0.251 e. The Bertz CT molecular complexity index is 1210. The second-order valence-electron chi connectivity index (χ2n) is 8.53. The third-order valence-corrected chi connectivity index (χ3v) is 6.23. The van der Waals surface area contributed by atoms with Gasteiger partial charge in [0.25, 0.3) is 5.91 Å². The number of imidazole rings is 1. The Hall–Kier alpha value is -3.67. The van der Waals surface area contributed by atoms with E-state index in [4.69, 9.17) is 0 Å². The first-order valence-electron chi connectivity index (χ1n) is 11.2. The largest absolute Gasteiger partial charge is 0.357 e. The van der Waals surface area contributed by atoms with Gasteiger partial charge in [-0.15, -0.1) is 0 Å². The lowest BCUT2D eigenvalue weighted by Gasteiger charge is -2.31. The van der Waals surface area contributed by atoms with Crippen LogP contribution in [-0.4, -0.2) is 33.5 Å². The summed E-state index contributed by atoms with van der Waals surface area (Å²) in [5, 5.41) is 2.99. The fourth-order valence-corrected chi connectivity index (χ4v) is 4.17. The standard InChI is InChI=1S/C26H27N5O/c1-19-12-14-30(15-13-19)25-11-6-20(16-27-25)17-28-26(32)21-7-9-22(10-8-21)31-18-29-23-4-2-3-5-24(23)31/h2-11,16,18-19H,12-15,17H2,1H3,(H,28,32). The number of nitrogens with one attached hydrogen (secondary N) is 1. The summed E-state index contributed by atoms with van der Waals surface area (Å²) in [6.07, 6.45) is 6.10. The Kier molecular flexibility index (Phi) is 5.58. The van der Waals surface area contributed by atoms with Crippen LogP contribution in [0.3, 0.4) is 0 Å². The Morgan fingerprint density at radius 2 is 1.78 bits per heavy atom. The number of benzene rings is 2. The first kappa shape index (κ1) is 20.2. The monoisotopic (exact) mass is 425 g/mol. The molecule has 6 nitrogen and oxygen atoms in total. The molecule has 32 heavy (non-hydrogen) atoms. The molecule has 0 saturated carbocycles. The minimum Gasteiger partial charge on any atom is -0.357 e. The van der Waals surface area contributed by atoms with Crippen molar-refractivity contribution in [2.24, 2.45) is 5.92 Å². The quantitative estimate of drug-likeness (QED) is 0.508. The van der Waals surface area contributed by atoms with Crippen molar-refractivity contribution in [3.63, 3.8) is 0 Å². The van der Waals surface area contributed by atoms with E-state index in [1.165, 1.54) is 12.8 Å². The number of anilines is 1. The molecule has 4 aromatic rings.